The number of hydrogen-bond acceptors (Lipinski definition) is 3. The van der Waals surface area contributed by atoms with Gasteiger partial charge in [-0.05, 0) is 31.1 Å². The minimum absolute atomic E-state index is 0.156. The van der Waals surface area contributed by atoms with Gasteiger partial charge in [0.1, 0.15) is 5.82 Å². The number of aromatic amines is 1. The van der Waals surface area contributed by atoms with Crippen LogP contribution in [0.3, 0.4) is 0 Å². The summed E-state index contributed by atoms with van der Waals surface area (Å²) in [6.07, 6.45) is 5.06. The molecule has 1 aliphatic carbocycles. The smallest absolute Gasteiger partial charge is 0.291 e. The van der Waals surface area contributed by atoms with Gasteiger partial charge in [0.15, 0.2) is 0 Å². The van der Waals surface area contributed by atoms with Crippen molar-refractivity contribution in [1.29, 1.82) is 0 Å². The number of carbonyl (C=O) groups excluding carboxylic acids is 1. The summed E-state index contributed by atoms with van der Waals surface area (Å²) < 4.78 is 0. The number of aryl methyl sites for hydroxylation is 1. The first kappa shape index (κ1) is 13.1. The molecule has 100 valence electrons. The van der Waals surface area contributed by atoms with Crippen LogP contribution in [-0.4, -0.2) is 27.1 Å². The molecule has 1 aromatic heterocycles. The Morgan fingerprint density at radius 2 is 2.33 bits per heavy atom. The van der Waals surface area contributed by atoms with Crippen LogP contribution in [0, 0.1) is 5.41 Å². The van der Waals surface area contributed by atoms with Crippen LogP contribution in [0.5, 0.6) is 0 Å². The van der Waals surface area contributed by atoms with Crippen LogP contribution in [0.2, 0.25) is 0 Å². The maximum atomic E-state index is 12.0. The molecule has 18 heavy (non-hydrogen) atoms. The molecule has 0 aliphatic heterocycles. The van der Waals surface area contributed by atoms with Gasteiger partial charge in [-0.15, -0.1) is 5.10 Å². The summed E-state index contributed by atoms with van der Waals surface area (Å²) >= 11 is 0. The van der Waals surface area contributed by atoms with Crippen LogP contribution < -0.4 is 5.32 Å². The highest BCUT2D eigenvalue weighted by Crippen LogP contribution is 2.36. The van der Waals surface area contributed by atoms with Gasteiger partial charge in [-0.2, -0.15) is 0 Å². The summed E-state index contributed by atoms with van der Waals surface area (Å²) in [6, 6.07) is 0.264. The first-order chi connectivity index (χ1) is 8.50. The zero-order valence-electron chi connectivity index (χ0n) is 11.4. The third-order valence-corrected chi connectivity index (χ3v) is 3.53. The van der Waals surface area contributed by atoms with Gasteiger partial charge in [-0.25, -0.2) is 4.98 Å². The highest BCUT2D eigenvalue weighted by Gasteiger charge is 2.32. The van der Waals surface area contributed by atoms with Gasteiger partial charge >= 0.3 is 0 Å². The zero-order chi connectivity index (χ0) is 13.2. The van der Waals surface area contributed by atoms with Crippen molar-refractivity contribution in [2.45, 2.75) is 58.9 Å². The summed E-state index contributed by atoms with van der Waals surface area (Å²) in [6.45, 7) is 6.56. The van der Waals surface area contributed by atoms with E-state index in [0.29, 0.717) is 5.41 Å². The van der Waals surface area contributed by atoms with Crippen molar-refractivity contribution in [3.05, 3.63) is 11.6 Å². The zero-order valence-corrected chi connectivity index (χ0v) is 11.4. The number of rotatable bonds is 4. The Morgan fingerprint density at radius 1 is 1.56 bits per heavy atom. The molecule has 1 aliphatic rings. The number of hydrogen-bond donors (Lipinski definition) is 2. The van der Waals surface area contributed by atoms with E-state index >= 15 is 0 Å². The van der Waals surface area contributed by atoms with Crippen molar-refractivity contribution in [2.24, 2.45) is 5.41 Å². The maximum Gasteiger partial charge on any atom is 0.291 e. The molecule has 5 heteroatoms. The van der Waals surface area contributed by atoms with Crippen molar-refractivity contribution in [3.8, 4) is 0 Å². The second kappa shape index (κ2) is 5.08. The van der Waals surface area contributed by atoms with Gasteiger partial charge in [0.2, 0.25) is 5.82 Å². The van der Waals surface area contributed by atoms with Crippen molar-refractivity contribution in [2.75, 3.05) is 0 Å². The minimum atomic E-state index is -0.156. The quantitative estimate of drug-likeness (QED) is 0.859. The number of carbonyl (C=O) groups is 1. The Hall–Kier alpha value is -1.39. The van der Waals surface area contributed by atoms with E-state index in [4.69, 9.17) is 0 Å². The molecule has 0 saturated heterocycles. The lowest BCUT2D eigenvalue weighted by Crippen LogP contribution is -2.34. The average Bonchev–Trinajstić information content (AvgIpc) is 2.86. The molecule has 1 aromatic rings. The van der Waals surface area contributed by atoms with Crippen LogP contribution >= 0.6 is 0 Å². The molecule has 0 bridgehead atoms. The monoisotopic (exact) mass is 250 g/mol. The molecule has 1 unspecified atom stereocenters. The van der Waals surface area contributed by atoms with E-state index in [2.05, 4.69) is 41.3 Å². The van der Waals surface area contributed by atoms with E-state index in [9.17, 15) is 4.79 Å². The highest BCUT2D eigenvalue weighted by molar-refractivity contribution is 5.90. The molecule has 2 N–H and O–H groups in total. The van der Waals surface area contributed by atoms with Crippen LogP contribution in [0.15, 0.2) is 0 Å². The van der Waals surface area contributed by atoms with Crippen LogP contribution in [0.4, 0.5) is 0 Å². The Balaban J connectivity index is 1.91. The van der Waals surface area contributed by atoms with E-state index in [1.165, 1.54) is 0 Å². The van der Waals surface area contributed by atoms with E-state index in [1.807, 2.05) is 0 Å². The third kappa shape index (κ3) is 3.09. The number of nitrogens with zero attached hydrogens (tertiary/aromatic N) is 2. The molecule has 1 saturated carbocycles. The third-order valence-electron chi connectivity index (χ3n) is 3.53. The van der Waals surface area contributed by atoms with Crippen LogP contribution in [0.1, 0.15) is 62.9 Å². The lowest BCUT2D eigenvalue weighted by atomic mass is 9.92. The Labute approximate surface area is 108 Å². The number of H-pyrrole nitrogens is 1. The Bertz CT molecular complexity index is 424. The predicted octanol–water partition coefficient (Wildman–Crippen LogP) is 2.07. The van der Waals surface area contributed by atoms with Crippen LogP contribution in [-0.2, 0) is 6.42 Å². The van der Waals surface area contributed by atoms with Crippen molar-refractivity contribution in [1.82, 2.24) is 20.5 Å². The van der Waals surface area contributed by atoms with Gasteiger partial charge in [0.25, 0.3) is 5.91 Å². The number of aromatic nitrogens is 3. The normalized spacial score (nSPS) is 22.1. The Kier molecular flexibility index (Phi) is 3.68. The van der Waals surface area contributed by atoms with Gasteiger partial charge in [-0.3, -0.25) is 9.89 Å². The number of amides is 1. The summed E-state index contributed by atoms with van der Waals surface area (Å²) in [5, 5.41) is 9.79. The van der Waals surface area contributed by atoms with Crippen molar-refractivity contribution in [3.63, 3.8) is 0 Å². The molecular formula is C13H22N4O. The maximum absolute atomic E-state index is 12.0. The highest BCUT2D eigenvalue weighted by atomic mass is 16.2. The van der Waals surface area contributed by atoms with Crippen molar-refractivity contribution < 1.29 is 4.79 Å². The standard InChI is InChI=1S/C13H22N4O/c1-4-5-10-15-11(17-16-10)12(18)14-9-6-7-13(2,3)8-9/h9H,4-8H2,1-3H3,(H,14,18)(H,15,16,17). The summed E-state index contributed by atoms with van der Waals surface area (Å²) in [5.41, 5.74) is 0.338. The fraction of sp³-hybridized carbons (Fsp3) is 0.769. The molecule has 1 fully saturated rings. The molecule has 1 atom stereocenters. The largest absolute Gasteiger partial charge is 0.347 e. The second-order valence-corrected chi connectivity index (χ2v) is 5.93. The molecule has 2 rings (SSSR count). The predicted molar refractivity (Wildman–Crippen MR) is 69.3 cm³/mol. The summed E-state index contributed by atoms with van der Waals surface area (Å²) in [4.78, 5) is 16.2. The molecule has 0 radical (unpaired) electrons. The first-order valence-electron chi connectivity index (χ1n) is 6.72. The second-order valence-electron chi connectivity index (χ2n) is 5.93. The molecule has 1 heterocycles. The SMILES string of the molecule is CCCc1nc(C(=O)NC2CCC(C)(C)C2)n[nH]1. The van der Waals surface area contributed by atoms with E-state index < -0.39 is 0 Å². The van der Waals surface area contributed by atoms with Gasteiger partial charge < -0.3 is 5.32 Å². The minimum Gasteiger partial charge on any atom is -0.347 e. The van der Waals surface area contributed by atoms with Gasteiger partial charge in [0, 0.05) is 12.5 Å². The van der Waals surface area contributed by atoms with E-state index in [-0.39, 0.29) is 17.8 Å². The van der Waals surface area contributed by atoms with Gasteiger partial charge in [0.05, 0.1) is 0 Å². The fourth-order valence-electron chi connectivity index (χ4n) is 2.55. The first-order valence-corrected chi connectivity index (χ1v) is 6.72. The van der Waals surface area contributed by atoms with Crippen molar-refractivity contribution >= 4 is 5.91 Å². The van der Waals surface area contributed by atoms with Gasteiger partial charge in [-0.1, -0.05) is 20.8 Å². The molecular weight excluding hydrogens is 228 g/mol. The van der Waals surface area contributed by atoms with Crippen LogP contribution in [0.25, 0.3) is 0 Å². The molecule has 0 aromatic carbocycles. The summed E-state index contributed by atoms with van der Waals surface area (Å²) in [7, 11) is 0. The molecule has 0 spiro atoms. The topological polar surface area (TPSA) is 70.7 Å². The number of nitrogens with one attached hydrogen (secondary N) is 2. The fourth-order valence-corrected chi connectivity index (χ4v) is 2.55. The lowest BCUT2D eigenvalue weighted by Gasteiger charge is -2.17. The lowest BCUT2D eigenvalue weighted by molar-refractivity contribution is 0.0926. The van der Waals surface area contributed by atoms with E-state index in [1.54, 1.807) is 0 Å². The summed E-state index contributed by atoms with van der Waals surface area (Å²) in [5.74, 6) is 0.897. The molecule has 5 nitrogen and oxygen atoms in total. The Morgan fingerprint density at radius 3 is 2.94 bits per heavy atom. The average molecular weight is 250 g/mol. The van der Waals surface area contributed by atoms with E-state index in [0.717, 1.165) is 37.9 Å². The molecule has 1 amide bonds.